The van der Waals surface area contributed by atoms with Crippen LogP contribution in [0.3, 0.4) is 0 Å². The van der Waals surface area contributed by atoms with Gasteiger partial charge < -0.3 is 0 Å². The van der Waals surface area contributed by atoms with Crippen LogP contribution in [0, 0.1) is 0 Å². The molecular formula is C6H10F6N2S. The smallest absolute Gasteiger partial charge is 0.180 e. The van der Waals surface area contributed by atoms with Crippen LogP contribution in [0.25, 0.3) is 0 Å². The fourth-order valence-electron chi connectivity index (χ4n) is 0.735. The highest BCUT2D eigenvalue weighted by atomic mass is 32.2. The van der Waals surface area contributed by atoms with Gasteiger partial charge >= 0.3 is 18.3 Å². The molecular weight excluding hydrogens is 246 g/mol. The molecule has 0 spiro atoms. The second kappa shape index (κ2) is 4.38. The van der Waals surface area contributed by atoms with Crippen molar-refractivity contribution in [2.24, 2.45) is 0 Å². The van der Waals surface area contributed by atoms with Crippen LogP contribution in [0.4, 0.5) is 26.3 Å². The highest BCUT2D eigenvalue weighted by molar-refractivity contribution is 7.97. The molecule has 1 N–H and O–H groups in total. The van der Waals surface area contributed by atoms with E-state index in [1.807, 2.05) is 12.5 Å². The van der Waals surface area contributed by atoms with Crippen LogP contribution < -0.4 is 5.32 Å². The molecule has 0 aromatic carbocycles. The van der Waals surface area contributed by atoms with Crippen molar-refractivity contribution in [1.82, 2.24) is 10.2 Å². The number of likely N-dealkylation sites (N-methyl/N-ethyl adjacent to an activating group) is 1. The van der Waals surface area contributed by atoms with Crippen molar-refractivity contribution >= 4 is 11.8 Å². The van der Waals surface area contributed by atoms with E-state index in [1.54, 1.807) is 11.8 Å². The Bertz CT molecular complexity index is 222. The molecule has 1 rings (SSSR count). The Morgan fingerprint density at radius 2 is 1.33 bits per heavy atom. The molecule has 0 atom stereocenters. The third-order valence-electron chi connectivity index (χ3n) is 1.53. The van der Waals surface area contributed by atoms with Gasteiger partial charge in [-0.05, 0) is 19.6 Å². The van der Waals surface area contributed by atoms with E-state index in [2.05, 4.69) is 0 Å². The summed E-state index contributed by atoms with van der Waals surface area (Å²) in [5.74, 6) is 0. The van der Waals surface area contributed by atoms with Gasteiger partial charge in [-0.2, -0.15) is 48.3 Å². The molecule has 0 radical (unpaired) electrons. The molecule has 0 saturated carbocycles. The summed E-state index contributed by atoms with van der Waals surface area (Å²) in [7, 11) is 0.202. The summed E-state index contributed by atoms with van der Waals surface area (Å²) in [5, 5.41) is 0.219. The fraction of sp³-hybridized carbons (Fsp3) is 1.00. The molecule has 0 amide bonds. The van der Waals surface area contributed by atoms with Gasteiger partial charge in [-0.1, -0.05) is 0 Å². The zero-order valence-electron chi connectivity index (χ0n) is 8.12. The van der Waals surface area contributed by atoms with Gasteiger partial charge in [-0.3, -0.25) is 0 Å². The summed E-state index contributed by atoms with van der Waals surface area (Å²) in [4.78, 5) is -1.01. The van der Waals surface area contributed by atoms with Gasteiger partial charge in [-0.15, -0.1) is 0 Å². The van der Waals surface area contributed by atoms with Crippen molar-refractivity contribution in [1.29, 1.82) is 0 Å². The van der Waals surface area contributed by atoms with E-state index in [-0.39, 0.29) is 12.4 Å². The Labute approximate surface area is 87.0 Å². The Hall–Kier alpha value is -0.150. The van der Waals surface area contributed by atoms with Crippen LogP contribution in [-0.4, -0.2) is 42.7 Å². The number of nitrogens with zero attached hydrogens (tertiary/aromatic N) is 1. The van der Waals surface area contributed by atoms with E-state index in [0.717, 1.165) is 0 Å². The first-order chi connectivity index (χ1) is 6.53. The van der Waals surface area contributed by atoms with Crippen molar-refractivity contribution in [3.05, 3.63) is 0 Å². The van der Waals surface area contributed by atoms with E-state index >= 15 is 0 Å². The summed E-state index contributed by atoms with van der Waals surface area (Å²) in [5.41, 5.74) is 0. The van der Waals surface area contributed by atoms with Crippen LogP contribution in [0.5, 0.6) is 0 Å². The Morgan fingerprint density at radius 1 is 1.00 bits per heavy atom. The summed E-state index contributed by atoms with van der Waals surface area (Å²) in [6, 6.07) is -9.79. The lowest BCUT2D eigenvalue weighted by Gasteiger charge is -2.22. The third-order valence-corrected chi connectivity index (χ3v) is 1.53. The summed E-state index contributed by atoms with van der Waals surface area (Å²) in [6.07, 6.45) is -0.312. The average Bonchev–Trinajstić information content (AvgIpc) is 2.10. The minimum Gasteiger partial charge on any atom is -0.180 e. The van der Waals surface area contributed by atoms with Gasteiger partial charge in [0.1, 0.15) is 0 Å². The second-order valence-electron chi connectivity index (χ2n) is 2.75. The van der Waals surface area contributed by atoms with Crippen LogP contribution in [0.15, 0.2) is 0 Å². The molecule has 2 nitrogen and oxygen atoms in total. The van der Waals surface area contributed by atoms with E-state index in [0.29, 0.717) is 0 Å². The van der Waals surface area contributed by atoms with Gasteiger partial charge in [0, 0.05) is 0 Å². The van der Waals surface area contributed by atoms with E-state index in [4.69, 9.17) is 0 Å². The van der Waals surface area contributed by atoms with Crippen molar-refractivity contribution < 1.29 is 26.3 Å². The van der Waals surface area contributed by atoms with Gasteiger partial charge in [0.05, 0.1) is 0 Å². The summed E-state index contributed by atoms with van der Waals surface area (Å²) in [6.45, 7) is 0. The molecule has 1 fully saturated rings. The quantitative estimate of drug-likeness (QED) is 0.528. The molecule has 1 aliphatic heterocycles. The Morgan fingerprint density at radius 3 is 1.40 bits per heavy atom. The zero-order chi connectivity index (χ0) is 12.5. The largest absolute Gasteiger partial charge is 0.387 e. The molecule has 0 aromatic rings. The lowest BCUT2D eigenvalue weighted by molar-refractivity contribution is -0.265. The van der Waals surface area contributed by atoms with Crippen molar-refractivity contribution in [3.63, 3.8) is 0 Å². The van der Waals surface area contributed by atoms with Crippen LogP contribution >= 0.6 is 11.8 Å². The summed E-state index contributed by atoms with van der Waals surface area (Å²) >= 11 is 1.75. The molecule has 1 saturated heterocycles. The van der Waals surface area contributed by atoms with Crippen molar-refractivity contribution in [2.75, 3.05) is 19.6 Å². The Kier molecular flexibility index (Phi) is 4.34. The molecule has 0 aliphatic carbocycles. The highest BCUT2D eigenvalue weighted by Crippen LogP contribution is 2.45. The van der Waals surface area contributed by atoms with Gasteiger partial charge in [-0.25, -0.2) is 0 Å². The molecule has 1 heterocycles. The highest BCUT2D eigenvalue weighted by Gasteiger charge is 2.74. The first-order valence-corrected chi connectivity index (χ1v) is 5.23. The number of rotatable bonds is 0. The fourth-order valence-corrected chi connectivity index (χ4v) is 0.735. The molecule has 0 unspecified atom stereocenters. The maximum Gasteiger partial charge on any atom is 0.387 e. The van der Waals surface area contributed by atoms with Crippen molar-refractivity contribution in [3.8, 4) is 0 Å². The molecule has 1 aliphatic rings. The number of nitrogens with one attached hydrogen (secondary N) is 1. The number of hydrogen-bond donors (Lipinski definition) is 1. The van der Waals surface area contributed by atoms with Gasteiger partial charge in [0.2, 0.25) is 0 Å². The van der Waals surface area contributed by atoms with Crippen LogP contribution in [0.1, 0.15) is 0 Å². The van der Waals surface area contributed by atoms with Crippen LogP contribution in [0.2, 0.25) is 0 Å². The number of hydrogen-bond acceptors (Lipinski definition) is 3. The maximum absolute atomic E-state index is 12.2. The molecule has 92 valence electrons. The second-order valence-corrected chi connectivity index (χ2v) is 3.57. The monoisotopic (exact) mass is 256 g/mol. The maximum atomic E-state index is 12.2. The first kappa shape index (κ1) is 14.8. The van der Waals surface area contributed by atoms with E-state index < -0.39 is 23.2 Å². The summed E-state index contributed by atoms with van der Waals surface area (Å²) < 4.78 is 73.0. The third kappa shape index (κ3) is 2.70. The Balaban J connectivity index is 0.000000583. The number of thioether (sulfide) groups is 1. The predicted octanol–water partition coefficient (Wildman–Crippen LogP) is 2.24. The molecule has 9 heteroatoms. The molecule has 0 bridgehead atoms. The lowest BCUT2D eigenvalue weighted by Crippen LogP contribution is -2.47. The first-order valence-electron chi connectivity index (χ1n) is 3.59. The number of alkyl halides is 6. The van der Waals surface area contributed by atoms with E-state index in [1.165, 1.54) is 0 Å². The zero-order valence-corrected chi connectivity index (χ0v) is 8.94. The average molecular weight is 256 g/mol. The van der Waals surface area contributed by atoms with Crippen LogP contribution in [-0.2, 0) is 0 Å². The normalized spacial score (nSPS) is 27.0. The van der Waals surface area contributed by atoms with Gasteiger partial charge in [0.25, 0.3) is 0 Å². The predicted molar refractivity (Wildman–Crippen MR) is 45.2 cm³/mol. The standard InChI is InChI=1S/C4H4F6N2.C2H6S/c1-12-3(7,8)2(5,6)11-4(12,9)10;1-3-2/h11H,1H3;1-2H3. The minimum atomic E-state index is -4.91. The topological polar surface area (TPSA) is 15.3 Å². The SMILES string of the molecule is CN1C(F)(F)NC(F)(F)C1(F)F.CSC. The lowest BCUT2D eigenvalue weighted by atomic mass is 10.5. The number of halogens is 6. The molecule has 0 aromatic heterocycles. The van der Waals surface area contributed by atoms with Crippen molar-refractivity contribution in [2.45, 2.75) is 18.3 Å². The van der Waals surface area contributed by atoms with Gasteiger partial charge in [0.15, 0.2) is 0 Å². The van der Waals surface area contributed by atoms with E-state index in [9.17, 15) is 26.3 Å². The minimum absolute atomic E-state index is 0.202. The molecule has 15 heavy (non-hydrogen) atoms.